The van der Waals surface area contributed by atoms with E-state index in [9.17, 15) is 0 Å². The molecule has 0 radical (unpaired) electrons. The highest BCUT2D eigenvalue weighted by atomic mass is 32.2. The Bertz CT molecular complexity index is 45.5. The average molecular weight is 152 g/mol. The Balaban J connectivity index is 2.60. The summed E-state index contributed by atoms with van der Waals surface area (Å²) in [5, 5.41) is 8.25. The second kappa shape index (κ2) is 8.23. The van der Waals surface area contributed by atoms with Crippen molar-refractivity contribution in [3.63, 3.8) is 0 Å². The molecule has 1 N–H and O–H groups in total. The summed E-state index contributed by atoms with van der Waals surface area (Å²) >= 11 is 1.32. The van der Waals surface area contributed by atoms with Gasteiger partial charge in [-0.25, -0.2) is 0 Å². The minimum absolute atomic E-state index is 0.0826. The second-order valence-electron chi connectivity index (χ2n) is 1.32. The minimum Gasteiger partial charge on any atom is -0.394 e. The van der Waals surface area contributed by atoms with Crippen LogP contribution in [0.4, 0.5) is 0 Å². The van der Waals surface area contributed by atoms with Crippen LogP contribution in [0.2, 0.25) is 0 Å². The van der Waals surface area contributed by atoms with Gasteiger partial charge < -0.3 is 14.0 Å². The van der Waals surface area contributed by atoms with E-state index in [4.69, 9.17) is 14.0 Å². The van der Waals surface area contributed by atoms with Crippen LogP contribution in [0.3, 0.4) is 0 Å². The third kappa shape index (κ3) is 8.23. The van der Waals surface area contributed by atoms with Gasteiger partial charge in [-0.05, 0) is 12.0 Å². The monoisotopic (exact) mass is 152 g/mol. The molecule has 0 aromatic rings. The highest BCUT2D eigenvalue weighted by Gasteiger charge is 1.85. The van der Waals surface area contributed by atoms with Gasteiger partial charge in [-0.2, -0.15) is 0 Å². The Labute approximate surface area is 59.6 Å². The van der Waals surface area contributed by atoms with Crippen molar-refractivity contribution in [1.82, 2.24) is 0 Å². The Kier molecular flexibility index (Phi) is 8.44. The third-order valence-corrected chi connectivity index (χ3v) is 1.07. The van der Waals surface area contributed by atoms with E-state index in [1.807, 2.05) is 6.26 Å². The largest absolute Gasteiger partial charge is 0.394 e. The minimum atomic E-state index is 0.0826. The quantitative estimate of drug-likeness (QED) is 0.438. The van der Waals surface area contributed by atoms with Gasteiger partial charge >= 0.3 is 0 Å². The van der Waals surface area contributed by atoms with Crippen molar-refractivity contribution in [2.45, 2.75) is 0 Å². The van der Waals surface area contributed by atoms with Crippen molar-refractivity contribution < 1.29 is 14.0 Å². The first-order chi connectivity index (χ1) is 4.41. The van der Waals surface area contributed by atoms with Gasteiger partial charge in [0.05, 0.1) is 26.4 Å². The SMILES string of the molecule is CSOCCOCCO. The van der Waals surface area contributed by atoms with Crippen molar-refractivity contribution in [2.75, 3.05) is 32.7 Å². The van der Waals surface area contributed by atoms with Crippen molar-refractivity contribution in [1.29, 1.82) is 0 Å². The van der Waals surface area contributed by atoms with Crippen LogP contribution in [-0.4, -0.2) is 37.8 Å². The summed E-state index contributed by atoms with van der Waals surface area (Å²) < 4.78 is 9.79. The predicted molar refractivity (Wildman–Crippen MR) is 37.4 cm³/mol. The maximum atomic E-state index is 8.25. The van der Waals surface area contributed by atoms with E-state index in [0.717, 1.165) is 0 Å². The molecule has 0 aliphatic heterocycles. The molecule has 0 aromatic heterocycles. The highest BCUT2D eigenvalue weighted by molar-refractivity contribution is 7.93. The van der Waals surface area contributed by atoms with Crippen LogP contribution < -0.4 is 0 Å². The van der Waals surface area contributed by atoms with Crippen LogP contribution in [0.5, 0.6) is 0 Å². The van der Waals surface area contributed by atoms with Gasteiger partial charge in [-0.1, -0.05) is 0 Å². The van der Waals surface area contributed by atoms with Gasteiger partial charge in [0, 0.05) is 6.26 Å². The zero-order valence-electron chi connectivity index (χ0n) is 5.50. The molecule has 9 heavy (non-hydrogen) atoms. The van der Waals surface area contributed by atoms with Crippen LogP contribution in [0.25, 0.3) is 0 Å². The Morgan fingerprint density at radius 2 is 2.11 bits per heavy atom. The second-order valence-corrected chi connectivity index (χ2v) is 1.89. The number of ether oxygens (including phenoxy) is 1. The standard InChI is InChI=1S/C5H12O3S/c1-9-8-5-4-7-3-2-6/h6H,2-5H2,1H3. The lowest BCUT2D eigenvalue weighted by molar-refractivity contribution is 0.0749. The zero-order chi connectivity index (χ0) is 6.95. The fraction of sp³-hybridized carbons (Fsp3) is 1.00. The van der Waals surface area contributed by atoms with E-state index >= 15 is 0 Å². The van der Waals surface area contributed by atoms with Crippen LogP contribution >= 0.6 is 12.0 Å². The topological polar surface area (TPSA) is 38.7 Å². The third-order valence-electron chi connectivity index (χ3n) is 0.664. The summed E-state index contributed by atoms with van der Waals surface area (Å²) in [5.74, 6) is 0. The summed E-state index contributed by atoms with van der Waals surface area (Å²) in [6.45, 7) is 1.62. The Morgan fingerprint density at radius 1 is 1.33 bits per heavy atom. The molecule has 0 saturated carbocycles. The molecule has 0 bridgehead atoms. The first-order valence-corrected chi connectivity index (χ1v) is 3.91. The number of aliphatic hydroxyl groups is 1. The first kappa shape index (κ1) is 9.23. The van der Waals surface area contributed by atoms with Crippen molar-refractivity contribution in [3.05, 3.63) is 0 Å². The fourth-order valence-electron chi connectivity index (χ4n) is 0.343. The molecule has 0 heterocycles. The Hall–Kier alpha value is 0.230. The number of hydrogen-bond donors (Lipinski definition) is 1. The molecule has 3 nitrogen and oxygen atoms in total. The molecule has 0 fully saturated rings. The van der Waals surface area contributed by atoms with E-state index < -0.39 is 0 Å². The molecule has 4 heteroatoms. The van der Waals surface area contributed by atoms with E-state index in [-0.39, 0.29) is 6.61 Å². The molecule has 0 rings (SSSR count). The molecular formula is C5H12O3S. The molecule has 0 aliphatic rings. The van der Waals surface area contributed by atoms with E-state index in [1.165, 1.54) is 12.0 Å². The predicted octanol–water partition coefficient (Wildman–Crippen LogP) is 0.290. The molecule has 56 valence electrons. The van der Waals surface area contributed by atoms with Crippen LogP contribution in [0, 0.1) is 0 Å². The molecular weight excluding hydrogens is 140 g/mol. The van der Waals surface area contributed by atoms with Gasteiger partial charge in [0.1, 0.15) is 0 Å². The highest BCUT2D eigenvalue weighted by Crippen LogP contribution is 1.92. The molecule has 0 spiro atoms. The molecule has 0 unspecified atom stereocenters. The molecule has 0 atom stereocenters. The van der Waals surface area contributed by atoms with Crippen LogP contribution in [0.15, 0.2) is 0 Å². The van der Waals surface area contributed by atoms with Crippen molar-refractivity contribution >= 4 is 12.0 Å². The van der Waals surface area contributed by atoms with E-state index in [2.05, 4.69) is 0 Å². The maximum absolute atomic E-state index is 8.25. The summed E-state index contributed by atoms with van der Waals surface area (Å²) in [7, 11) is 0. The molecule has 0 saturated heterocycles. The molecule has 0 amide bonds. The zero-order valence-corrected chi connectivity index (χ0v) is 6.32. The Morgan fingerprint density at radius 3 is 2.67 bits per heavy atom. The van der Waals surface area contributed by atoms with E-state index in [1.54, 1.807) is 0 Å². The number of rotatable bonds is 6. The van der Waals surface area contributed by atoms with E-state index in [0.29, 0.717) is 19.8 Å². The van der Waals surface area contributed by atoms with Crippen LogP contribution in [0.1, 0.15) is 0 Å². The van der Waals surface area contributed by atoms with Gasteiger partial charge in [-0.3, -0.25) is 0 Å². The number of hydrogen-bond acceptors (Lipinski definition) is 4. The smallest absolute Gasteiger partial charge is 0.0847 e. The molecule has 0 aromatic carbocycles. The van der Waals surface area contributed by atoms with Gasteiger partial charge in [0.15, 0.2) is 0 Å². The summed E-state index contributed by atoms with van der Waals surface area (Å²) in [5.41, 5.74) is 0. The lowest BCUT2D eigenvalue weighted by Crippen LogP contribution is -2.04. The van der Waals surface area contributed by atoms with Crippen molar-refractivity contribution in [2.24, 2.45) is 0 Å². The normalized spacial score (nSPS) is 10.0. The van der Waals surface area contributed by atoms with Gasteiger partial charge in [0.25, 0.3) is 0 Å². The average Bonchev–Trinajstić information content (AvgIpc) is 1.89. The maximum Gasteiger partial charge on any atom is 0.0847 e. The molecule has 0 aliphatic carbocycles. The van der Waals surface area contributed by atoms with Gasteiger partial charge in [0.2, 0.25) is 0 Å². The summed E-state index contributed by atoms with van der Waals surface area (Å²) in [6, 6.07) is 0. The fourth-order valence-corrected chi connectivity index (χ4v) is 0.578. The first-order valence-electron chi connectivity index (χ1n) is 2.76. The van der Waals surface area contributed by atoms with Gasteiger partial charge in [-0.15, -0.1) is 0 Å². The lowest BCUT2D eigenvalue weighted by atomic mass is 10.7. The lowest BCUT2D eigenvalue weighted by Gasteiger charge is -1.99. The van der Waals surface area contributed by atoms with Crippen molar-refractivity contribution in [3.8, 4) is 0 Å². The summed E-state index contributed by atoms with van der Waals surface area (Å²) in [4.78, 5) is 0. The summed E-state index contributed by atoms with van der Waals surface area (Å²) in [6.07, 6.45) is 1.85. The number of aliphatic hydroxyl groups excluding tert-OH is 1. The van der Waals surface area contributed by atoms with Crippen LogP contribution in [-0.2, 0) is 8.92 Å².